The van der Waals surface area contributed by atoms with Crippen molar-refractivity contribution < 1.29 is 9.52 Å². The number of hydrogen-bond acceptors (Lipinski definition) is 5. The highest BCUT2D eigenvalue weighted by molar-refractivity contribution is 7.71. The average molecular weight is 334 g/mol. The first kappa shape index (κ1) is 14.6. The lowest BCUT2D eigenvalue weighted by atomic mass is 10.2. The standard InChI is InChI=1S/C15H12ClN3O2S/c16-10-5-7-11(8-6-10)17-9-19-15(22)21-14(18-19)12-3-1-2-4-13(12)20/h1-8,17,20H,9H2. The second kappa shape index (κ2) is 6.21. The normalized spacial score (nSPS) is 10.6. The minimum absolute atomic E-state index is 0.0940. The molecule has 0 unspecified atom stereocenters. The van der Waals surface area contributed by atoms with Crippen molar-refractivity contribution in [2.75, 3.05) is 5.32 Å². The van der Waals surface area contributed by atoms with Gasteiger partial charge in [0.25, 0.3) is 10.7 Å². The lowest BCUT2D eigenvalue weighted by Gasteiger charge is -2.05. The molecular formula is C15H12ClN3O2S. The monoisotopic (exact) mass is 333 g/mol. The van der Waals surface area contributed by atoms with Crippen LogP contribution in [-0.2, 0) is 6.67 Å². The van der Waals surface area contributed by atoms with Crippen molar-refractivity contribution >= 4 is 29.5 Å². The molecule has 0 aliphatic carbocycles. The van der Waals surface area contributed by atoms with Gasteiger partial charge in [-0.25, -0.2) is 4.68 Å². The maximum atomic E-state index is 9.83. The van der Waals surface area contributed by atoms with Crippen LogP contribution in [0.5, 0.6) is 5.75 Å². The second-order valence-corrected chi connectivity index (χ2v) is 5.32. The molecule has 1 heterocycles. The maximum absolute atomic E-state index is 9.83. The third-order valence-electron chi connectivity index (χ3n) is 3.02. The van der Waals surface area contributed by atoms with Crippen LogP contribution in [-0.4, -0.2) is 14.9 Å². The number of para-hydroxylation sites is 1. The van der Waals surface area contributed by atoms with E-state index >= 15 is 0 Å². The van der Waals surface area contributed by atoms with Crippen LogP contribution in [0.4, 0.5) is 5.69 Å². The molecule has 0 spiro atoms. The van der Waals surface area contributed by atoms with Gasteiger partial charge >= 0.3 is 0 Å². The van der Waals surface area contributed by atoms with Crippen molar-refractivity contribution in [3.63, 3.8) is 0 Å². The number of rotatable bonds is 4. The zero-order valence-electron chi connectivity index (χ0n) is 11.4. The van der Waals surface area contributed by atoms with Crippen molar-refractivity contribution in [1.82, 2.24) is 9.78 Å². The summed E-state index contributed by atoms with van der Waals surface area (Å²) in [6.45, 7) is 0.345. The Kier molecular flexibility index (Phi) is 4.13. The van der Waals surface area contributed by atoms with E-state index in [1.54, 1.807) is 36.4 Å². The largest absolute Gasteiger partial charge is 0.507 e. The number of phenolic OH excluding ortho intramolecular Hbond substituents is 1. The van der Waals surface area contributed by atoms with Crippen LogP contribution in [0, 0.1) is 4.84 Å². The lowest BCUT2D eigenvalue weighted by Crippen LogP contribution is -2.09. The van der Waals surface area contributed by atoms with Crippen LogP contribution in [0.3, 0.4) is 0 Å². The van der Waals surface area contributed by atoms with Crippen LogP contribution in [0.2, 0.25) is 5.02 Å². The molecule has 0 atom stereocenters. The fourth-order valence-corrected chi connectivity index (χ4v) is 2.21. The Balaban J connectivity index is 1.80. The zero-order valence-corrected chi connectivity index (χ0v) is 12.9. The smallest absolute Gasteiger partial charge is 0.289 e. The van der Waals surface area contributed by atoms with E-state index in [0.717, 1.165) is 5.69 Å². The van der Waals surface area contributed by atoms with E-state index in [-0.39, 0.29) is 16.5 Å². The molecule has 0 radical (unpaired) electrons. The Morgan fingerprint density at radius 3 is 2.64 bits per heavy atom. The number of nitrogens with one attached hydrogen (secondary N) is 1. The molecule has 2 N–H and O–H groups in total. The molecule has 0 amide bonds. The van der Waals surface area contributed by atoms with Crippen molar-refractivity contribution in [3.8, 4) is 17.2 Å². The molecule has 0 saturated heterocycles. The number of aromatic hydroxyl groups is 1. The van der Waals surface area contributed by atoms with Gasteiger partial charge in [0.15, 0.2) is 0 Å². The molecule has 0 aliphatic heterocycles. The number of anilines is 1. The number of benzene rings is 2. The molecule has 5 nitrogen and oxygen atoms in total. The van der Waals surface area contributed by atoms with Crippen LogP contribution in [0.1, 0.15) is 0 Å². The summed E-state index contributed by atoms with van der Waals surface area (Å²) in [7, 11) is 0. The molecule has 3 aromatic rings. The first-order chi connectivity index (χ1) is 10.6. The van der Waals surface area contributed by atoms with Crippen molar-refractivity contribution in [2.24, 2.45) is 0 Å². The molecule has 0 saturated carbocycles. The van der Waals surface area contributed by atoms with Crippen LogP contribution in [0.15, 0.2) is 52.9 Å². The topological polar surface area (TPSA) is 63.2 Å². The number of nitrogens with zero attached hydrogens (tertiary/aromatic N) is 2. The van der Waals surface area contributed by atoms with E-state index in [0.29, 0.717) is 17.3 Å². The quantitative estimate of drug-likeness (QED) is 0.697. The second-order valence-electron chi connectivity index (χ2n) is 4.53. The van der Waals surface area contributed by atoms with Gasteiger partial charge in [0.1, 0.15) is 12.4 Å². The van der Waals surface area contributed by atoms with Gasteiger partial charge in [0.05, 0.1) is 5.56 Å². The molecule has 0 fully saturated rings. The minimum atomic E-state index is 0.0940. The van der Waals surface area contributed by atoms with Gasteiger partial charge in [-0.2, -0.15) is 0 Å². The molecule has 7 heteroatoms. The van der Waals surface area contributed by atoms with E-state index in [4.69, 9.17) is 28.2 Å². The molecule has 1 aromatic heterocycles. The van der Waals surface area contributed by atoms with E-state index in [1.807, 2.05) is 12.1 Å². The molecule has 22 heavy (non-hydrogen) atoms. The summed E-state index contributed by atoms with van der Waals surface area (Å²) in [5.41, 5.74) is 1.39. The first-order valence-corrected chi connectivity index (χ1v) is 7.28. The first-order valence-electron chi connectivity index (χ1n) is 6.49. The summed E-state index contributed by atoms with van der Waals surface area (Å²) in [4.78, 5) is 0.222. The fourth-order valence-electron chi connectivity index (χ4n) is 1.90. The van der Waals surface area contributed by atoms with E-state index in [1.165, 1.54) is 4.68 Å². The number of hydrogen-bond donors (Lipinski definition) is 2. The fraction of sp³-hybridized carbons (Fsp3) is 0.0667. The van der Waals surface area contributed by atoms with Gasteiger partial charge in [-0.15, -0.1) is 5.10 Å². The molecular weight excluding hydrogens is 322 g/mol. The highest BCUT2D eigenvalue weighted by atomic mass is 35.5. The van der Waals surface area contributed by atoms with E-state index in [2.05, 4.69) is 10.4 Å². The number of phenols is 1. The van der Waals surface area contributed by atoms with Gasteiger partial charge in [0, 0.05) is 10.7 Å². The lowest BCUT2D eigenvalue weighted by molar-refractivity contribution is 0.471. The Bertz CT molecular complexity index is 842. The van der Waals surface area contributed by atoms with Gasteiger partial charge in [0.2, 0.25) is 0 Å². The molecule has 0 bridgehead atoms. The number of halogens is 1. The summed E-state index contributed by atoms with van der Waals surface area (Å²) in [5.74, 6) is 0.373. The highest BCUT2D eigenvalue weighted by Crippen LogP contribution is 2.27. The summed E-state index contributed by atoms with van der Waals surface area (Å²) in [6.07, 6.45) is 0. The predicted octanol–water partition coefficient (Wildman–Crippen LogP) is 4.30. The summed E-state index contributed by atoms with van der Waals surface area (Å²) in [6, 6.07) is 14.1. The average Bonchev–Trinajstić information content (AvgIpc) is 2.88. The van der Waals surface area contributed by atoms with Gasteiger partial charge < -0.3 is 14.8 Å². The summed E-state index contributed by atoms with van der Waals surface area (Å²) in [5, 5.41) is 17.9. The Morgan fingerprint density at radius 2 is 1.91 bits per heavy atom. The van der Waals surface area contributed by atoms with E-state index < -0.39 is 0 Å². The molecule has 3 rings (SSSR count). The Morgan fingerprint density at radius 1 is 1.18 bits per heavy atom. The predicted molar refractivity (Wildman–Crippen MR) is 87.5 cm³/mol. The number of aromatic nitrogens is 2. The SMILES string of the molecule is Oc1ccccc1-c1nn(CNc2ccc(Cl)cc2)c(=S)o1. The molecule has 2 aromatic carbocycles. The van der Waals surface area contributed by atoms with Crippen LogP contribution in [0.25, 0.3) is 11.5 Å². The van der Waals surface area contributed by atoms with Crippen LogP contribution >= 0.6 is 23.8 Å². The van der Waals surface area contributed by atoms with Gasteiger partial charge in [-0.05, 0) is 48.6 Å². The third-order valence-corrected chi connectivity index (χ3v) is 3.56. The van der Waals surface area contributed by atoms with Crippen molar-refractivity contribution in [1.29, 1.82) is 0 Å². The Hall–Kier alpha value is -2.31. The maximum Gasteiger partial charge on any atom is 0.289 e. The highest BCUT2D eigenvalue weighted by Gasteiger charge is 2.11. The van der Waals surface area contributed by atoms with Crippen molar-refractivity contribution in [2.45, 2.75) is 6.67 Å². The minimum Gasteiger partial charge on any atom is -0.507 e. The van der Waals surface area contributed by atoms with E-state index in [9.17, 15) is 5.11 Å². The summed E-state index contributed by atoms with van der Waals surface area (Å²) < 4.78 is 6.94. The van der Waals surface area contributed by atoms with Gasteiger partial charge in [-0.1, -0.05) is 23.7 Å². The van der Waals surface area contributed by atoms with Crippen molar-refractivity contribution in [3.05, 3.63) is 58.4 Å². The summed E-state index contributed by atoms with van der Waals surface area (Å²) >= 11 is 11.0. The molecule has 0 aliphatic rings. The zero-order chi connectivity index (χ0) is 15.5. The van der Waals surface area contributed by atoms with Crippen LogP contribution < -0.4 is 5.32 Å². The Labute approximate surface area is 136 Å². The molecule has 112 valence electrons. The third kappa shape index (κ3) is 3.13. The van der Waals surface area contributed by atoms with Gasteiger partial charge in [-0.3, -0.25) is 0 Å².